The highest BCUT2D eigenvalue weighted by Crippen LogP contribution is 2.31. The number of aromatic amines is 2. The third kappa shape index (κ3) is 2.03. The van der Waals surface area contributed by atoms with Crippen LogP contribution in [0.1, 0.15) is 24.6 Å². The minimum absolute atomic E-state index is 0.278. The van der Waals surface area contributed by atoms with Gasteiger partial charge in [0.05, 0.1) is 15.5 Å². The molecule has 19 heavy (non-hydrogen) atoms. The van der Waals surface area contributed by atoms with E-state index in [9.17, 15) is 4.39 Å². The normalized spacial score (nSPS) is 11.6. The second-order valence-electron chi connectivity index (χ2n) is 4.82. The topological polar surface area (TPSA) is 31.6 Å². The van der Waals surface area contributed by atoms with Crippen molar-refractivity contribution < 1.29 is 4.39 Å². The molecule has 3 aromatic rings. The number of rotatable bonds is 1. The Kier molecular flexibility index (Phi) is 3.03. The molecule has 0 unspecified atom stereocenters. The summed E-state index contributed by atoms with van der Waals surface area (Å²) in [7, 11) is 0. The SMILES string of the molecule is CC(C)c1cc2c(=S)c3[nH]ccc(F)cc3c2[nH]s1. The Balaban J connectivity index is 2.51. The molecular weight excluding hydrogens is 279 g/mol. The third-order valence-corrected chi connectivity index (χ3v) is 4.71. The molecule has 0 bridgehead atoms. The summed E-state index contributed by atoms with van der Waals surface area (Å²) in [5.74, 6) is 0.161. The first-order valence-corrected chi connectivity index (χ1v) is 7.28. The van der Waals surface area contributed by atoms with Gasteiger partial charge in [-0.25, -0.2) is 4.39 Å². The molecular formula is C14H13FN2S2. The van der Waals surface area contributed by atoms with Gasteiger partial charge in [0.25, 0.3) is 0 Å². The van der Waals surface area contributed by atoms with Crippen molar-refractivity contribution in [2.45, 2.75) is 19.8 Å². The van der Waals surface area contributed by atoms with E-state index in [0.717, 1.165) is 26.3 Å². The van der Waals surface area contributed by atoms with Crippen LogP contribution in [-0.2, 0) is 0 Å². The number of aromatic nitrogens is 2. The lowest BCUT2D eigenvalue weighted by molar-refractivity contribution is 0.630. The van der Waals surface area contributed by atoms with Crippen molar-refractivity contribution in [3.05, 3.63) is 39.6 Å². The van der Waals surface area contributed by atoms with Gasteiger partial charge in [-0.05, 0) is 24.1 Å². The monoisotopic (exact) mass is 292 g/mol. The first-order chi connectivity index (χ1) is 9.08. The zero-order valence-electron chi connectivity index (χ0n) is 10.6. The first-order valence-electron chi connectivity index (χ1n) is 6.06. The van der Waals surface area contributed by atoms with Crippen LogP contribution in [0, 0.1) is 10.3 Å². The van der Waals surface area contributed by atoms with Gasteiger partial charge in [0.1, 0.15) is 5.82 Å². The molecule has 2 aromatic heterocycles. The second kappa shape index (κ2) is 4.58. The van der Waals surface area contributed by atoms with Gasteiger partial charge < -0.3 is 9.36 Å². The number of H-pyrrole nitrogens is 2. The smallest absolute Gasteiger partial charge is 0.125 e. The lowest BCUT2D eigenvalue weighted by Crippen LogP contribution is -1.84. The van der Waals surface area contributed by atoms with E-state index in [4.69, 9.17) is 12.2 Å². The lowest BCUT2D eigenvalue weighted by Gasteiger charge is -2.03. The Hall–Kier alpha value is -1.46. The van der Waals surface area contributed by atoms with Crippen molar-refractivity contribution in [3.63, 3.8) is 0 Å². The van der Waals surface area contributed by atoms with Crippen molar-refractivity contribution in [3.8, 4) is 0 Å². The average molecular weight is 292 g/mol. The lowest BCUT2D eigenvalue weighted by atomic mass is 10.1. The zero-order chi connectivity index (χ0) is 13.6. The molecule has 2 N–H and O–H groups in total. The predicted octanol–water partition coefficient (Wildman–Crippen LogP) is 5.26. The molecule has 0 spiro atoms. The van der Waals surface area contributed by atoms with Gasteiger partial charge in [-0.1, -0.05) is 37.6 Å². The highest BCUT2D eigenvalue weighted by Gasteiger charge is 2.10. The summed E-state index contributed by atoms with van der Waals surface area (Å²) in [4.78, 5) is 4.30. The van der Waals surface area contributed by atoms with Gasteiger partial charge in [-0.3, -0.25) is 0 Å². The van der Waals surface area contributed by atoms with Gasteiger partial charge in [-0.15, -0.1) is 0 Å². The van der Waals surface area contributed by atoms with E-state index in [1.807, 2.05) is 0 Å². The number of nitrogens with one attached hydrogen (secondary N) is 2. The minimum Gasteiger partial charge on any atom is -0.360 e. The molecule has 0 saturated heterocycles. The van der Waals surface area contributed by atoms with E-state index in [1.165, 1.54) is 17.0 Å². The largest absolute Gasteiger partial charge is 0.360 e. The Morgan fingerprint density at radius 3 is 2.74 bits per heavy atom. The highest BCUT2D eigenvalue weighted by atomic mass is 32.1. The van der Waals surface area contributed by atoms with E-state index in [0.29, 0.717) is 5.92 Å². The molecule has 3 rings (SSSR count). The van der Waals surface area contributed by atoms with Gasteiger partial charge >= 0.3 is 0 Å². The molecule has 0 aliphatic heterocycles. The Morgan fingerprint density at radius 1 is 1.21 bits per heavy atom. The van der Waals surface area contributed by atoms with Crippen molar-refractivity contribution in [2.24, 2.45) is 0 Å². The Bertz CT molecular complexity index is 840. The van der Waals surface area contributed by atoms with Crippen LogP contribution < -0.4 is 0 Å². The summed E-state index contributed by atoms with van der Waals surface area (Å²) in [6.45, 7) is 4.28. The summed E-state index contributed by atoms with van der Waals surface area (Å²) in [6.07, 6.45) is 1.58. The molecule has 0 fully saturated rings. The molecule has 0 aliphatic carbocycles. The summed E-state index contributed by atoms with van der Waals surface area (Å²) < 4.78 is 17.6. The van der Waals surface area contributed by atoms with E-state index in [2.05, 4.69) is 29.3 Å². The fourth-order valence-electron chi connectivity index (χ4n) is 2.13. The maximum Gasteiger partial charge on any atom is 0.125 e. The zero-order valence-corrected chi connectivity index (χ0v) is 12.2. The predicted molar refractivity (Wildman–Crippen MR) is 81.7 cm³/mol. The number of hydrogen-bond donors (Lipinski definition) is 2. The summed E-state index contributed by atoms with van der Waals surface area (Å²) in [6, 6.07) is 5.02. The van der Waals surface area contributed by atoms with Gasteiger partial charge in [0, 0.05) is 21.8 Å². The molecule has 2 heterocycles. The summed E-state index contributed by atoms with van der Waals surface area (Å²) in [5, 5.41) is 1.78. The van der Waals surface area contributed by atoms with Crippen molar-refractivity contribution in [1.82, 2.24) is 9.36 Å². The van der Waals surface area contributed by atoms with E-state index >= 15 is 0 Å². The van der Waals surface area contributed by atoms with Crippen LogP contribution in [0.4, 0.5) is 4.39 Å². The molecule has 0 aliphatic rings. The molecule has 98 valence electrons. The maximum atomic E-state index is 13.6. The Labute approximate surface area is 119 Å². The number of fused-ring (bicyclic) bond motifs is 3. The molecule has 0 atom stereocenters. The number of halogens is 1. The van der Waals surface area contributed by atoms with Crippen LogP contribution in [0.3, 0.4) is 0 Å². The standard InChI is InChI=1S/C14H13FN2S2/c1-7(2)11-6-10-12(17-19-11)9-5-8(15)3-4-16-13(9)14(10)18/h3-7,16-17H,1-2H3. The van der Waals surface area contributed by atoms with E-state index < -0.39 is 0 Å². The van der Waals surface area contributed by atoms with Gasteiger partial charge in [-0.2, -0.15) is 0 Å². The van der Waals surface area contributed by atoms with Crippen LogP contribution in [0.5, 0.6) is 0 Å². The van der Waals surface area contributed by atoms with E-state index in [1.54, 1.807) is 17.7 Å². The van der Waals surface area contributed by atoms with Crippen molar-refractivity contribution in [1.29, 1.82) is 0 Å². The highest BCUT2D eigenvalue weighted by molar-refractivity contribution is 7.72. The van der Waals surface area contributed by atoms with Crippen LogP contribution in [0.25, 0.3) is 21.8 Å². The summed E-state index contributed by atoms with van der Waals surface area (Å²) in [5.41, 5.74) is 1.71. The fourth-order valence-corrected chi connectivity index (χ4v) is 3.31. The first kappa shape index (κ1) is 12.6. The van der Waals surface area contributed by atoms with Crippen LogP contribution in [-0.4, -0.2) is 9.36 Å². The second-order valence-corrected chi connectivity index (χ2v) is 6.11. The van der Waals surface area contributed by atoms with Crippen molar-refractivity contribution >= 4 is 45.6 Å². The summed E-state index contributed by atoms with van der Waals surface area (Å²) >= 11 is 7.07. The molecule has 2 nitrogen and oxygen atoms in total. The van der Waals surface area contributed by atoms with Crippen LogP contribution in [0.15, 0.2) is 24.4 Å². The van der Waals surface area contributed by atoms with E-state index in [-0.39, 0.29) is 5.82 Å². The van der Waals surface area contributed by atoms with Gasteiger partial charge in [0.2, 0.25) is 0 Å². The fraction of sp³-hybridized carbons (Fsp3) is 0.214. The quantitative estimate of drug-likeness (QED) is 0.589. The molecule has 0 radical (unpaired) electrons. The molecule has 5 heteroatoms. The average Bonchev–Trinajstić information content (AvgIpc) is 2.53. The van der Waals surface area contributed by atoms with Crippen molar-refractivity contribution in [2.75, 3.05) is 0 Å². The van der Waals surface area contributed by atoms with Gasteiger partial charge in [0.15, 0.2) is 0 Å². The Morgan fingerprint density at radius 2 is 2.00 bits per heavy atom. The number of hydrogen-bond acceptors (Lipinski definition) is 2. The van der Waals surface area contributed by atoms with Crippen LogP contribution in [0.2, 0.25) is 0 Å². The molecule has 0 amide bonds. The third-order valence-electron chi connectivity index (χ3n) is 3.16. The minimum atomic E-state index is -0.278. The molecule has 0 saturated carbocycles. The maximum absolute atomic E-state index is 13.6. The molecule has 1 aromatic carbocycles. The van der Waals surface area contributed by atoms with Crippen LogP contribution >= 0.6 is 23.8 Å².